The van der Waals surface area contributed by atoms with Gasteiger partial charge >= 0.3 is 0 Å². The van der Waals surface area contributed by atoms with Crippen LogP contribution in [0.5, 0.6) is 0 Å². The molecule has 3 nitrogen and oxygen atoms in total. The van der Waals surface area contributed by atoms with Gasteiger partial charge in [-0.15, -0.1) is 40.5 Å². The van der Waals surface area contributed by atoms with Crippen LogP contribution in [0.2, 0.25) is 0 Å². The van der Waals surface area contributed by atoms with Gasteiger partial charge in [-0.05, 0) is 86.8 Å². The molecule has 0 aliphatic rings. The van der Waals surface area contributed by atoms with Gasteiger partial charge in [-0.1, -0.05) is 103 Å². The van der Waals surface area contributed by atoms with Crippen molar-refractivity contribution in [3.05, 3.63) is 88.3 Å². The number of aliphatic hydroxyl groups excluding tert-OH is 1. The number of fused-ring (bicyclic) bond motifs is 4. The van der Waals surface area contributed by atoms with Crippen LogP contribution in [0.25, 0.3) is 42.2 Å². The zero-order chi connectivity index (χ0) is 36.2. The number of pyridine rings is 1. The van der Waals surface area contributed by atoms with Gasteiger partial charge in [0.15, 0.2) is 5.78 Å². The molecule has 0 saturated heterocycles. The van der Waals surface area contributed by atoms with Crippen molar-refractivity contribution in [1.29, 1.82) is 0 Å². The Labute approximate surface area is 319 Å². The van der Waals surface area contributed by atoms with Gasteiger partial charge in [0.2, 0.25) is 0 Å². The average molecular weight is 869 g/mol. The van der Waals surface area contributed by atoms with E-state index in [1.807, 2.05) is 45.2 Å². The largest absolute Gasteiger partial charge is 0.512 e. The van der Waals surface area contributed by atoms with Crippen molar-refractivity contribution < 1.29 is 30.0 Å². The standard InChI is InChI=1S/C32H34NS.C13H24O2.Ir/c1-18(2)27-16-24(15-23-14-19(3)13-20(4)28(23)27)29-31-26(11-12-33-29)25-10-9-22(17-32(6,7)8)21(5)30(25)34-31;1-5-10(6-2)12(14)9-13(15)11(7-3)8-4;/h9-14,16,18H,17H2,1-8H3;9-11,14H,5-8H2,1-4H3;/q-1;;/b;12-9-;. The van der Waals surface area contributed by atoms with Gasteiger partial charge in [0.1, 0.15) is 0 Å². The summed E-state index contributed by atoms with van der Waals surface area (Å²) >= 11 is 1.89. The number of thiophene rings is 1. The summed E-state index contributed by atoms with van der Waals surface area (Å²) in [6.45, 7) is 26.3. The van der Waals surface area contributed by atoms with Crippen LogP contribution in [-0.4, -0.2) is 15.9 Å². The molecule has 271 valence electrons. The topological polar surface area (TPSA) is 50.2 Å². The van der Waals surface area contributed by atoms with E-state index in [2.05, 4.69) is 97.9 Å². The molecule has 2 heterocycles. The number of benzene rings is 3. The first-order valence-corrected chi connectivity index (χ1v) is 19.2. The third-order valence-corrected chi connectivity index (χ3v) is 11.3. The number of carbonyl (C=O) groups is 1. The van der Waals surface area contributed by atoms with E-state index in [0.717, 1.165) is 43.4 Å². The zero-order valence-electron chi connectivity index (χ0n) is 32.4. The fourth-order valence-electron chi connectivity index (χ4n) is 7.12. The molecule has 1 radical (unpaired) electrons. The summed E-state index contributed by atoms with van der Waals surface area (Å²) in [6.07, 6.45) is 7.96. The smallest absolute Gasteiger partial charge is 0.162 e. The summed E-state index contributed by atoms with van der Waals surface area (Å²) in [5.74, 6) is 0.979. The Morgan fingerprint density at radius 2 is 1.52 bits per heavy atom. The molecule has 3 aromatic carbocycles. The van der Waals surface area contributed by atoms with E-state index in [1.165, 1.54) is 64.8 Å². The van der Waals surface area contributed by atoms with Gasteiger partial charge in [0.25, 0.3) is 0 Å². The summed E-state index contributed by atoms with van der Waals surface area (Å²) in [6, 6.07) is 17.5. The predicted molar refractivity (Wildman–Crippen MR) is 214 cm³/mol. The van der Waals surface area contributed by atoms with Crippen LogP contribution in [0.4, 0.5) is 0 Å². The summed E-state index contributed by atoms with van der Waals surface area (Å²) < 4.78 is 2.66. The Kier molecular flexibility index (Phi) is 14.6. The Morgan fingerprint density at radius 1 is 0.900 bits per heavy atom. The molecule has 2 aromatic heterocycles. The number of ketones is 1. The molecule has 50 heavy (non-hydrogen) atoms. The SMILES string of the molecule is CCC(CC)C(=O)/C=C(\O)C(CC)CC.Cc1cc(C)c2c(C(C)C)cc(-c3nccc4c3sc3c(C)c(CC(C)(C)C)ccc34)[c-]c2c1.[Ir]. The third-order valence-electron chi connectivity index (χ3n) is 9.93. The van der Waals surface area contributed by atoms with Gasteiger partial charge in [0.05, 0.1) is 5.76 Å². The van der Waals surface area contributed by atoms with Crippen molar-refractivity contribution in [2.45, 2.75) is 121 Å². The summed E-state index contributed by atoms with van der Waals surface area (Å²) in [5.41, 5.74) is 9.28. The second-order valence-corrected chi connectivity index (χ2v) is 16.4. The quantitative estimate of drug-likeness (QED) is 0.0864. The van der Waals surface area contributed by atoms with E-state index >= 15 is 0 Å². The Hall–Kier alpha value is -2.85. The minimum atomic E-state index is 0. The average Bonchev–Trinajstić information content (AvgIpc) is 3.42. The molecule has 0 aliphatic carbocycles. The maximum Gasteiger partial charge on any atom is 0.162 e. The normalized spacial score (nSPS) is 12.3. The van der Waals surface area contributed by atoms with Gasteiger partial charge in [0, 0.05) is 64.7 Å². The van der Waals surface area contributed by atoms with E-state index < -0.39 is 0 Å². The first-order valence-electron chi connectivity index (χ1n) is 18.3. The molecular formula is C45H58IrNO2S-. The molecule has 0 bridgehead atoms. The van der Waals surface area contributed by atoms with Crippen molar-refractivity contribution in [3.63, 3.8) is 0 Å². The van der Waals surface area contributed by atoms with E-state index in [0.29, 0.717) is 5.92 Å². The van der Waals surface area contributed by atoms with Crippen molar-refractivity contribution in [1.82, 2.24) is 4.98 Å². The zero-order valence-corrected chi connectivity index (χ0v) is 35.6. The van der Waals surface area contributed by atoms with Crippen LogP contribution in [0.3, 0.4) is 0 Å². The molecule has 0 amide bonds. The molecule has 0 saturated carbocycles. The minimum Gasteiger partial charge on any atom is -0.512 e. The number of aryl methyl sites for hydroxylation is 3. The minimum absolute atomic E-state index is 0. The number of aliphatic hydroxyl groups is 1. The van der Waals surface area contributed by atoms with Crippen LogP contribution in [0, 0.1) is 44.1 Å². The summed E-state index contributed by atoms with van der Waals surface area (Å²) in [4.78, 5) is 16.6. The Morgan fingerprint density at radius 3 is 2.10 bits per heavy atom. The number of allylic oxidation sites excluding steroid dienone is 2. The number of rotatable bonds is 10. The van der Waals surface area contributed by atoms with Crippen molar-refractivity contribution in [2.24, 2.45) is 17.3 Å². The number of hydrogen-bond donors (Lipinski definition) is 1. The number of hydrogen-bond acceptors (Lipinski definition) is 4. The predicted octanol–water partition coefficient (Wildman–Crippen LogP) is 13.6. The maximum atomic E-state index is 11.7. The molecule has 0 atom stereocenters. The molecule has 0 fully saturated rings. The van der Waals surface area contributed by atoms with Gasteiger partial charge in [-0.3, -0.25) is 9.78 Å². The first-order chi connectivity index (χ1) is 23.1. The maximum absolute atomic E-state index is 11.7. The monoisotopic (exact) mass is 869 g/mol. The number of aromatic nitrogens is 1. The molecule has 0 spiro atoms. The summed E-state index contributed by atoms with van der Waals surface area (Å²) in [5, 5.41) is 14.9. The van der Waals surface area contributed by atoms with E-state index in [4.69, 9.17) is 4.98 Å². The van der Waals surface area contributed by atoms with Crippen LogP contribution < -0.4 is 0 Å². The van der Waals surface area contributed by atoms with Crippen molar-refractivity contribution in [3.8, 4) is 11.3 Å². The molecular weight excluding hydrogens is 811 g/mol. The van der Waals surface area contributed by atoms with Gasteiger partial charge in [-0.2, -0.15) is 0 Å². The van der Waals surface area contributed by atoms with Crippen molar-refractivity contribution >= 4 is 48.1 Å². The second-order valence-electron chi connectivity index (χ2n) is 15.4. The van der Waals surface area contributed by atoms with E-state index in [9.17, 15) is 9.90 Å². The number of carbonyl (C=O) groups excluding carboxylic acids is 1. The molecule has 1 N–H and O–H groups in total. The molecule has 0 unspecified atom stereocenters. The van der Waals surface area contributed by atoms with Crippen molar-refractivity contribution in [2.75, 3.05) is 0 Å². The molecule has 5 aromatic rings. The van der Waals surface area contributed by atoms with E-state index in [1.54, 1.807) is 0 Å². The van der Waals surface area contributed by atoms with Crippen LogP contribution in [0.15, 0.2) is 54.4 Å². The Balaban J connectivity index is 0.000000361. The first kappa shape index (κ1) is 41.6. The van der Waals surface area contributed by atoms with Crippen LogP contribution in [0.1, 0.15) is 122 Å². The number of nitrogens with zero attached hydrogens (tertiary/aromatic N) is 1. The molecule has 5 rings (SSSR count). The van der Waals surface area contributed by atoms with Crippen LogP contribution in [-0.2, 0) is 31.3 Å². The van der Waals surface area contributed by atoms with Crippen LogP contribution >= 0.6 is 11.3 Å². The van der Waals surface area contributed by atoms with E-state index in [-0.39, 0.29) is 48.9 Å². The Bertz CT molecular complexity index is 1970. The molecule has 5 heteroatoms. The third kappa shape index (κ3) is 9.32. The van der Waals surface area contributed by atoms with Gasteiger partial charge in [-0.25, -0.2) is 0 Å². The van der Waals surface area contributed by atoms with Gasteiger partial charge < -0.3 is 5.11 Å². The molecule has 0 aliphatic heterocycles. The summed E-state index contributed by atoms with van der Waals surface area (Å²) in [7, 11) is 0. The fraction of sp³-hybridized carbons (Fsp3) is 0.467. The fourth-order valence-corrected chi connectivity index (χ4v) is 8.44. The second kappa shape index (κ2) is 17.6.